The van der Waals surface area contributed by atoms with E-state index in [4.69, 9.17) is 5.73 Å². The Labute approximate surface area is 819 Å². The normalized spacial score (nSPS) is 16.2. The van der Waals surface area contributed by atoms with Crippen molar-refractivity contribution in [3.05, 3.63) is 246 Å². The van der Waals surface area contributed by atoms with E-state index in [9.17, 15) is 43.7 Å². The molecular formula is C97H105FN28O8S5. The fourth-order valence-corrected chi connectivity index (χ4v) is 20.2. The molecule has 17 heterocycles. The molecule has 10 N–H and O–H groups in total. The number of Topliss-reactive ketones (excluding diaryl/α,β-unsaturated/α-hetero) is 1. The maximum atomic E-state index is 13.5. The van der Waals surface area contributed by atoms with Crippen molar-refractivity contribution in [1.29, 1.82) is 0 Å². The van der Waals surface area contributed by atoms with Gasteiger partial charge in [0.05, 0.1) is 86.1 Å². The summed E-state index contributed by atoms with van der Waals surface area (Å²) >= 11 is 6.90. The van der Waals surface area contributed by atoms with E-state index in [0.717, 1.165) is 87.5 Å². The zero-order valence-corrected chi connectivity index (χ0v) is 82.2. The molecule has 20 rings (SSSR count). The van der Waals surface area contributed by atoms with Crippen molar-refractivity contribution in [2.75, 3.05) is 84.7 Å². The van der Waals surface area contributed by atoms with Crippen LogP contribution in [0, 0.1) is 40.4 Å². The predicted octanol–water partition coefficient (Wildman–Crippen LogP) is 15.8. The molecule has 4 aliphatic heterocycles. The Hall–Kier alpha value is -13.9. The number of nitrogens with two attached hydrogens (primary N) is 1. The van der Waals surface area contributed by atoms with Gasteiger partial charge in [0.2, 0.25) is 29.7 Å². The van der Waals surface area contributed by atoms with Crippen LogP contribution in [0.25, 0.3) is 51.7 Å². The third-order valence-electron chi connectivity index (χ3n) is 23.3. The predicted molar refractivity (Wildman–Crippen MR) is 538 cm³/mol. The summed E-state index contributed by atoms with van der Waals surface area (Å²) in [5.41, 5.74) is 17.1. The second kappa shape index (κ2) is 44.7. The fraction of sp³-hybridized carbons (Fsp3) is 0.351. The van der Waals surface area contributed by atoms with Gasteiger partial charge in [0, 0.05) is 77.4 Å². The number of halogens is 1. The summed E-state index contributed by atoms with van der Waals surface area (Å²) in [6.07, 6.45) is 10.6. The number of carbonyl (C=O) groups excluding carboxylic acids is 5. The zero-order valence-electron chi connectivity index (χ0n) is 78.1. The van der Waals surface area contributed by atoms with Gasteiger partial charge in [0.1, 0.15) is 35.0 Å². The average molecular weight is 1970 g/mol. The minimum Gasteiger partial charge on any atom is -0.391 e. The summed E-state index contributed by atoms with van der Waals surface area (Å²) in [4.78, 5) is 151. The molecule has 0 aliphatic carbocycles. The van der Waals surface area contributed by atoms with E-state index in [0.29, 0.717) is 186 Å². The number of likely N-dealkylation sites (tertiary alicyclic amines) is 4. The summed E-state index contributed by atoms with van der Waals surface area (Å²) in [7, 11) is 0. The molecule has 0 saturated carbocycles. The first-order valence-electron chi connectivity index (χ1n) is 45.7. The molecule has 0 unspecified atom stereocenters. The number of benzene rings is 3. The number of rotatable bonds is 24. The lowest BCUT2D eigenvalue weighted by atomic mass is 10.0. The van der Waals surface area contributed by atoms with Crippen LogP contribution in [0.3, 0.4) is 0 Å². The smallest absolute Gasteiger partial charge is 0.274 e. The summed E-state index contributed by atoms with van der Waals surface area (Å²) in [6, 6.07) is 40.6. The lowest BCUT2D eigenvalue weighted by Crippen LogP contribution is -2.30. The number of carbonyl (C=O) groups is 5. The first-order chi connectivity index (χ1) is 67.0. The molecule has 0 spiro atoms. The number of β-amino-alcohol motifs (C(OH)–C–C–N with tert-alkyl or cyclic N) is 3. The maximum absolute atomic E-state index is 13.5. The second-order valence-electron chi connectivity index (χ2n) is 34.2. The maximum Gasteiger partial charge on any atom is 0.274 e. The number of aromatic nitrogens is 18. The van der Waals surface area contributed by atoms with Crippen LogP contribution in [-0.4, -0.2) is 225 Å². The SMILES string of the molecule is C[C@H](Nc1nc(C(=O)N2CCCC2)c2sc(N)nc2n1)c1ccccc1.Cc1ccc(CCCC(=O)c2nc(N[C@@H](C)c3cncc(F)c3)nc3nc(C)sc23)cc1.Cc1nc2nc(N[C@@H](C)c3ccccc3)nc(C(=O)N3CC[C@H](O)C3)c2s1.Cc1nc2nc(N[C@@H](C)c3ccccn3)nc(C(=O)N3CC[C@@H](O)C3)c2s1.Cc1nc2nc(N[C@@H](C)c3ccccn3)nc(C(=O)N3CC[C@H](O)C3)c2s1. The van der Waals surface area contributed by atoms with Crippen molar-refractivity contribution in [3.63, 3.8) is 0 Å². The van der Waals surface area contributed by atoms with Crippen LogP contribution >= 0.6 is 56.7 Å². The third-order valence-corrected chi connectivity index (χ3v) is 28.1. The number of nitrogen functional groups attached to an aromatic ring is 1. The molecule has 42 heteroatoms. The first-order valence-corrected chi connectivity index (χ1v) is 49.8. The minimum absolute atomic E-state index is 0.000582. The van der Waals surface area contributed by atoms with E-state index in [1.807, 2.05) is 164 Å². The largest absolute Gasteiger partial charge is 0.391 e. The standard InChI is InChI=1S/C24H24FN5OS.C19H21N5O2S.2C18H20N6O2S.C18H20N6OS/c1-14-7-9-17(10-8-14)5-4-6-20(31)21-22-23(28-16(3)32-22)30-24(29-21)27-15(2)18-11-19(25)13-26-12-18;1-11(13-6-4-3-5-7-13)20-19-22-15(16-17(23-19)21-12(2)27-16)18(26)24-9-8-14(25)10-24;2*1-10(13-5-3-4-7-19-13)20-18-22-14(15-16(23-18)21-11(2)27-15)17(26)24-8-6-12(25)9-24;1-11(12-7-3-2-4-8-12)20-18-21-13(16(25)24-9-5-6-10-24)14-15(23-18)22-17(19)26-14/h7-13,15H,4-6H2,1-3H3,(H,27,29,30);3-7,11,14,25H,8-10H2,1-2H3,(H,20,22,23);2*3-5,7,10,12,25H,6,8-9H2,1-2H3,(H,20,22,23);2-4,7-8,11H,5-6,9-10H2,1H3,(H3,19,20,21,22,23)/t15-;11-,14-;10-,12+;10-,12-;11-/m00000/s1. The van der Waals surface area contributed by atoms with Crippen LogP contribution in [-0.2, 0) is 6.42 Å². The lowest BCUT2D eigenvalue weighted by Gasteiger charge is -2.17. The fourth-order valence-electron chi connectivity index (χ4n) is 16.0. The third kappa shape index (κ3) is 24.6. The molecule has 718 valence electrons. The number of amides is 4. The number of aliphatic hydroxyl groups is 3. The highest BCUT2D eigenvalue weighted by atomic mass is 32.1. The van der Waals surface area contributed by atoms with Gasteiger partial charge in [0.25, 0.3) is 23.6 Å². The number of pyridine rings is 3. The minimum atomic E-state index is -0.476. The van der Waals surface area contributed by atoms with E-state index >= 15 is 0 Å². The van der Waals surface area contributed by atoms with Gasteiger partial charge in [-0.05, 0) is 167 Å². The molecule has 4 fully saturated rings. The van der Waals surface area contributed by atoms with Gasteiger partial charge in [-0.1, -0.05) is 114 Å². The van der Waals surface area contributed by atoms with Crippen molar-refractivity contribution in [2.24, 2.45) is 0 Å². The average Bonchev–Trinajstić information content (AvgIpc) is 1.66. The summed E-state index contributed by atoms with van der Waals surface area (Å²) in [5.74, 6) is 0.654. The number of aliphatic hydroxyl groups excluding tert-OH is 3. The number of fused-ring (bicyclic) bond motifs is 5. The van der Waals surface area contributed by atoms with Gasteiger partial charge in [-0.3, -0.25) is 38.9 Å². The highest BCUT2D eigenvalue weighted by Crippen LogP contribution is 2.36. The van der Waals surface area contributed by atoms with Gasteiger partial charge in [-0.2, -0.15) is 24.9 Å². The molecule has 0 bridgehead atoms. The van der Waals surface area contributed by atoms with Gasteiger partial charge in [-0.15, -0.1) is 45.3 Å². The van der Waals surface area contributed by atoms with Gasteiger partial charge < -0.3 is 67.2 Å². The van der Waals surface area contributed by atoms with E-state index in [-0.39, 0.29) is 59.6 Å². The summed E-state index contributed by atoms with van der Waals surface area (Å²) in [5, 5.41) is 49.1. The molecule has 139 heavy (non-hydrogen) atoms. The number of hydrogen-bond donors (Lipinski definition) is 9. The summed E-state index contributed by atoms with van der Waals surface area (Å²) in [6.45, 7) is 23.5. The Morgan fingerprint density at radius 1 is 0.396 bits per heavy atom. The van der Waals surface area contributed by atoms with Crippen molar-refractivity contribution in [3.8, 4) is 0 Å². The molecule has 0 radical (unpaired) electrons. The Bertz CT molecular complexity index is 6670. The Morgan fingerprint density at radius 3 is 1.11 bits per heavy atom. The molecule has 36 nitrogen and oxygen atoms in total. The highest BCUT2D eigenvalue weighted by Gasteiger charge is 2.35. The monoisotopic (exact) mass is 1970 g/mol. The topological polar surface area (TPSA) is 477 Å². The summed E-state index contributed by atoms with van der Waals surface area (Å²) < 4.78 is 16.9. The number of hydrogen-bond acceptors (Lipinski definition) is 37. The number of nitrogens with zero attached hydrogens (tertiary/aromatic N) is 22. The first kappa shape index (κ1) is 98.2. The van der Waals surface area contributed by atoms with Gasteiger partial charge in [-0.25, -0.2) is 54.2 Å². The Balaban J connectivity index is 0.000000126. The molecule has 13 aromatic heterocycles. The number of anilines is 6. The van der Waals surface area contributed by atoms with Crippen molar-refractivity contribution < 1.29 is 43.7 Å². The number of nitrogens with one attached hydrogen (secondary N) is 5. The van der Waals surface area contributed by atoms with E-state index < -0.39 is 24.1 Å². The molecular weight excluding hydrogens is 1860 g/mol. The van der Waals surface area contributed by atoms with E-state index in [2.05, 4.69) is 147 Å². The van der Waals surface area contributed by atoms with Crippen molar-refractivity contribution >= 4 is 173 Å². The second-order valence-corrected chi connectivity index (χ2v) is 40.0. The van der Waals surface area contributed by atoms with E-state index in [1.54, 1.807) is 33.3 Å². The van der Waals surface area contributed by atoms with Gasteiger partial charge in [0.15, 0.2) is 61.9 Å². The highest BCUT2D eigenvalue weighted by molar-refractivity contribution is 7.22. The Morgan fingerprint density at radius 2 is 0.741 bits per heavy atom. The molecule has 4 saturated heterocycles. The number of thiazole rings is 5. The van der Waals surface area contributed by atoms with Crippen LogP contribution in [0.2, 0.25) is 0 Å². The van der Waals surface area contributed by atoms with Crippen LogP contribution in [0.4, 0.5) is 39.3 Å². The van der Waals surface area contributed by atoms with Crippen LogP contribution in [0.15, 0.2) is 152 Å². The number of ketones is 1. The van der Waals surface area contributed by atoms with Gasteiger partial charge >= 0.3 is 0 Å². The lowest BCUT2D eigenvalue weighted by molar-refractivity contribution is 0.0756. The molecule has 4 amide bonds. The van der Waals surface area contributed by atoms with Crippen LogP contribution in [0.5, 0.6) is 0 Å². The van der Waals surface area contributed by atoms with Crippen LogP contribution in [0.1, 0.15) is 221 Å². The molecule has 8 atom stereocenters. The number of aryl methyl sites for hydroxylation is 6. The quantitative estimate of drug-likeness (QED) is 0.0254. The van der Waals surface area contributed by atoms with Crippen molar-refractivity contribution in [1.82, 2.24) is 109 Å². The zero-order chi connectivity index (χ0) is 97.7. The van der Waals surface area contributed by atoms with E-state index in [1.165, 1.54) is 73.9 Å². The molecule has 16 aromatic rings. The Kier molecular flexibility index (Phi) is 31.6. The van der Waals surface area contributed by atoms with Crippen molar-refractivity contribution in [2.45, 2.75) is 169 Å². The molecule has 3 aromatic carbocycles. The molecule has 4 aliphatic rings. The van der Waals surface area contributed by atoms with Crippen LogP contribution < -0.4 is 32.3 Å².